The molecule has 2 rings (SSSR count). The minimum atomic E-state index is -0.479. The lowest BCUT2D eigenvalue weighted by molar-refractivity contribution is 0.0935. The van der Waals surface area contributed by atoms with E-state index in [0.29, 0.717) is 18.7 Å². The molecule has 0 spiro atoms. The fourth-order valence-electron chi connectivity index (χ4n) is 2.51. The van der Waals surface area contributed by atoms with Crippen LogP contribution in [0, 0.1) is 11.7 Å². The van der Waals surface area contributed by atoms with E-state index in [2.05, 4.69) is 10.4 Å². The van der Waals surface area contributed by atoms with E-state index in [9.17, 15) is 14.3 Å². The van der Waals surface area contributed by atoms with Crippen molar-refractivity contribution in [3.05, 3.63) is 42.0 Å². The predicted octanol–water partition coefficient (Wildman–Crippen LogP) is 2.25. The van der Waals surface area contributed by atoms with Crippen LogP contribution < -0.4 is 5.32 Å². The number of rotatable bonds is 8. The number of carbonyl (C=O) groups is 1. The highest BCUT2D eigenvalue weighted by Gasteiger charge is 2.18. The molecule has 0 fully saturated rings. The average Bonchev–Trinajstić information content (AvgIpc) is 2.95. The van der Waals surface area contributed by atoms with E-state index in [1.165, 1.54) is 35.1 Å². The van der Waals surface area contributed by atoms with Crippen molar-refractivity contribution >= 4 is 5.91 Å². The first-order chi connectivity index (χ1) is 11.5. The average molecular weight is 335 g/mol. The van der Waals surface area contributed by atoms with Gasteiger partial charge in [0.1, 0.15) is 5.82 Å². The highest BCUT2D eigenvalue weighted by Crippen LogP contribution is 2.19. The summed E-state index contributed by atoms with van der Waals surface area (Å²) < 4.78 is 14.3. The smallest absolute Gasteiger partial charge is 0.275 e. The van der Waals surface area contributed by atoms with Crippen LogP contribution in [0.4, 0.5) is 4.39 Å². The van der Waals surface area contributed by atoms with Gasteiger partial charge in [-0.25, -0.2) is 9.07 Å². The van der Waals surface area contributed by atoms with Gasteiger partial charge in [-0.15, -0.1) is 0 Å². The molecule has 6 nitrogen and oxygen atoms in total. The van der Waals surface area contributed by atoms with Crippen LogP contribution in [0.25, 0.3) is 5.69 Å². The van der Waals surface area contributed by atoms with Crippen molar-refractivity contribution in [1.29, 1.82) is 0 Å². The van der Waals surface area contributed by atoms with Gasteiger partial charge in [0.05, 0.1) is 11.9 Å². The number of nitrogens with zero attached hydrogens (tertiary/aromatic N) is 2. The van der Waals surface area contributed by atoms with E-state index in [-0.39, 0.29) is 29.8 Å². The fourth-order valence-corrected chi connectivity index (χ4v) is 2.51. The third kappa shape index (κ3) is 4.55. The number of nitrogens with one attached hydrogen (secondary N) is 1. The molecule has 1 heterocycles. The summed E-state index contributed by atoms with van der Waals surface area (Å²) in [4.78, 5) is 12.2. The molecule has 1 aromatic heterocycles. The molecule has 3 N–H and O–H groups in total. The Morgan fingerprint density at radius 3 is 2.67 bits per heavy atom. The molecule has 24 heavy (non-hydrogen) atoms. The summed E-state index contributed by atoms with van der Waals surface area (Å²) in [6, 6.07) is 5.56. The van der Waals surface area contributed by atoms with Crippen LogP contribution in [0.2, 0.25) is 0 Å². The normalized spacial score (nSPS) is 12.1. The molecule has 0 radical (unpaired) electrons. The minimum absolute atomic E-state index is 0.0744. The lowest BCUT2D eigenvalue weighted by Gasteiger charge is -2.15. The van der Waals surface area contributed by atoms with Gasteiger partial charge in [0, 0.05) is 13.2 Å². The van der Waals surface area contributed by atoms with Gasteiger partial charge in [-0.3, -0.25) is 4.79 Å². The Morgan fingerprint density at radius 2 is 2.04 bits per heavy atom. The maximum absolute atomic E-state index is 13.0. The van der Waals surface area contributed by atoms with Crippen molar-refractivity contribution in [3.8, 4) is 11.4 Å². The molecule has 7 heteroatoms. The number of halogens is 1. The molecule has 0 aliphatic heterocycles. The summed E-state index contributed by atoms with van der Waals surface area (Å²) >= 11 is 0. The Hall–Kier alpha value is -2.41. The molecular formula is C17H22FN3O3. The van der Waals surface area contributed by atoms with Crippen molar-refractivity contribution in [1.82, 2.24) is 15.1 Å². The number of aliphatic hydroxyl groups excluding tert-OH is 1. The standard InChI is InChI=1S/C17H22FN3O3/c1-2-3-12(8-9-22)10-19-17(24)16-15(23)11-21(20-16)14-6-4-13(18)5-7-14/h4-7,11-12,22-23H,2-3,8-10H2,1H3,(H,19,24). The Labute approximate surface area is 139 Å². The SMILES string of the molecule is CCCC(CCO)CNC(=O)c1nn(-c2ccc(F)cc2)cc1O. The molecule has 1 atom stereocenters. The Kier molecular flexibility index (Phi) is 6.31. The van der Waals surface area contributed by atoms with Crippen molar-refractivity contribution in [2.75, 3.05) is 13.2 Å². The maximum atomic E-state index is 13.0. The third-order valence-corrected chi connectivity index (χ3v) is 3.79. The zero-order valence-electron chi connectivity index (χ0n) is 13.6. The largest absolute Gasteiger partial charge is 0.504 e. The number of hydrogen-bond donors (Lipinski definition) is 3. The van der Waals surface area contributed by atoms with E-state index in [1.807, 2.05) is 6.92 Å². The number of benzene rings is 1. The van der Waals surface area contributed by atoms with Gasteiger partial charge in [-0.05, 0) is 43.0 Å². The first-order valence-electron chi connectivity index (χ1n) is 7.98. The van der Waals surface area contributed by atoms with Crippen LogP contribution in [-0.2, 0) is 0 Å². The van der Waals surface area contributed by atoms with Gasteiger partial charge >= 0.3 is 0 Å². The van der Waals surface area contributed by atoms with E-state index in [1.54, 1.807) is 0 Å². The molecule has 1 unspecified atom stereocenters. The molecule has 1 aromatic carbocycles. The summed E-state index contributed by atoms with van der Waals surface area (Å²) in [5.41, 5.74) is 0.452. The van der Waals surface area contributed by atoms with Crippen molar-refractivity contribution in [2.45, 2.75) is 26.2 Å². The zero-order valence-corrected chi connectivity index (χ0v) is 13.6. The maximum Gasteiger partial charge on any atom is 0.275 e. The lowest BCUT2D eigenvalue weighted by Crippen LogP contribution is -2.30. The summed E-state index contributed by atoms with van der Waals surface area (Å²) in [6.45, 7) is 2.53. The van der Waals surface area contributed by atoms with Gasteiger partial charge in [-0.1, -0.05) is 13.3 Å². The quantitative estimate of drug-likeness (QED) is 0.690. The molecule has 0 aliphatic rings. The molecule has 0 bridgehead atoms. The molecule has 1 amide bonds. The van der Waals surface area contributed by atoms with Gasteiger partial charge in [0.2, 0.25) is 0 Å². The van der Waals surface area contributed by atoms with Crippen molar-refractivity contribution < 1.29 is 19.4 Å². The van der Waals surface area contributed by atoms with Crippen molar-refractivity contribution in [2.24, 2.45) is 5.92 Å². The van der Waals surface area contributed by atoms with Gasteiger partial charge in [0.25, 0.3) is 5.91 Å². The highest BCUT2D eigenvalue weighted by molar-refractivity contribution is 5.94. The summed E-state index contributed by atoms with van der Waals surface area (Å²) in [6.07, 6.45) is 3.78. The van der Waals surface area contributed by atoms with Crippen LogP contribution >= 0.6 is 0 Å². The number of aliphatic hydroxyl groups is 1. The Balaban J connectivity index is 2.06. The monoisotopic (exact) mass is 335 g/mol. The predicted molar refractivity (Wildman–Crippen MR) is 87.6 cm³/mol. The summed E-state index contributed by atoms with van der Waals surface area (Å²) in [5, 5.41) is 25.8. The van der Waals surface area contributed by atoms with Gasteiger partial charge < -0.3 is 15.5 Å². The van der Waals surface area contributed by atoms with Crippen LogP contribution in [0.3, 0.4) is 0 Å². The topological polar surface area (TPSA) is 87.4 Å². The van der Waals surface area contributed by atoms with E-state index < -0.39 is 5.91 Å². The molecule has 130 valence electrons. The fraction of sp³-hybridized carbons (Fsp3) is 0.412. The first kappa shape index (κ1) is 17.9. The molecule has 2 aromatic rings. The second-order valence-electron chi connectivity index (χ2n) is 5.66. The Morgan fingerprint density at radius 1 is 1.33 bits per heavy atom. The van der Waals surface area contributed by atoms with Crippen LogP contribution in [0.15, 0.2) is 30.5 Å². The summed E-state index contributed by atoms with van der Waals surface area (Å²) in [7, 11) is 0. The number of amides is 1. The van der Waals surface area contributed by atoms with E-state index in [0.717, 1.165) is 12.8 Å². The van der Waals surface area contributed by atoms with Gasteiger partial charge in [-0.2, -0.15) is 5.10 Å². The minimum Gasteiger partial charge on any atom is -0.504 e. The van der Waals surface area contributed by atoms with Crippen LogP contribution in [0.1, 0.15) is 36.7 Å². The molecular weight excluding hydrogens is 313 g/mol. The van der Waals surface area contributed by atoms with Crippen LogP contribution in [-0.4, -0.2) is 39.1 Å². The number of aromatic nitrogens is 2. The number of hydrogen-bond acceptors (Lipinski definition) is 4. The second kappa shape index (κ2) is 8.44. The number of carbonyl (C=O) groups excluding carboxylic acids is 1. The number of aromatic hydroxyl groups is 1. The van der Waals surface area contributed by atoms with Crippen LogP contribution in [0.5, 0.6) is 5.75 Å². The van der Waals surface area contributed by atoms with E-state index >= 15 is 0 Å². The molecule has 0 saturated carbocycles. The lowest BCUT2D eigenvalue weighted by atomic mass is 10.0. The Bertz CT molecular complexity index is 664. The zero-order chi connectivity index (χ0) is 17.5. The molecule has 0 saturated heterocycles. The second-order valence-corrected chi connectivity index (χ2v) is 5.66. The summed E-state index contributed by atoms with van der Waals surface area (Å²) in [5.74, 6) is -0.914. The van der Waals surface area contributed by atoms with E-state index in [4.69, 9.17) is 5.11 Å². The molecule has 0 aliphatic carbocycles. The van der Waals surface area contributed by atoms with Crippen molar-refractivity contribution in [3.63, 3.8) is 0 Å². The van der Waals surface area contributed by atoms with Gasteiger partial charge in [0.15, 0.2) is 11.4 Å². The first-order valence-corrected chi connectivity index (χ1v) is 7.98. The highest BCUT2D eigenvalue weighted by atomic mass is 19.1. The third-order valence-electron chi connectivity index (χ3n) is 3.79.